The molecule has 0 spiro atoms. The Balaban J connectivity index is 1.22. The summed E-state index contributed by atoms with van der Waals surface area (Å²) in [5, 5.41) is 12.2. The van der Waals surface area contributed by atoms with Crippen LogP contribution in [-0.4, -0.2) is 35.6 Å². The molecule has 1 aliphatic carbocycles. The highest BCUT2D eigenvalue weighted by atomic mass is 16.5. The van der Waals surface area contributed by atoms with E-state index in [9.17, 15) is 19.5 Å². The zero-order valence-corrected chi connectivity index (χ0v) is 20.0. The lowest BCUT2D eigenvalue weighted by atomic mass is 9.98. The van der Waals surface area contributed by atoms with Gasteiger partial charge in [-0.2, -0.15) is 0 Å². The normalized spacial score (nSPS) is 12.8. The standard InChI is InChI=1S/C31H25NO5/c33-29(21-8-2-1-3-9-21)22-16-14-20(15-17-22)18-28(30(34)35)32-31(36)37-19-27-25-12-6-4-10-23(25)24-11-5-7-13-26(24)27/h1-17,27-28H,18-19H2,(H,32,36)(H,34,35)/t28-/m0/s1. The Morgan fingerprint density at radius 2 is 1.27 bits per heavy atom. The monoisotopic (exact) mass is 491 g/mol. The van der Waals surface area contributed by atoms with E-state index in [1.165, 1.54) is 0 Å². The zero-order chi connectivity index (χ0) is 25.8. The second-order valence-corrected chi connectivity index (χ2v) is 8.96. The summed E-state index contributed by atoms with van der Waals surface area (Å²) in [4.78, 5) is 37.1. The molecule has 0 heterocycles. The van der Waals surface area contributed by atoms with Gasteiger partial charge in [0.05, 0.1) is 0 Å². The molecule has 0 aliphatic heterocycles. The Labute approximate surface area is 214 Å². The van der Waals surface area contributed by atoms with Crippen LogP contribution in [0.4, 0.5) is 4.79 Å². The van der Waals surface area contributed by atoms with E-state index in [-0.39, 0.29) is 24.7 Å². The molecule has 0 saturated heterocycles. The molecule has 0 unspecified atom stereocenters. The lowest BCUT2D eigenvalue weighted by Crippen LogP contribution is -2.42. The predicted octanol–water partition coefficient (Wildman–Crippen LogP) is 5.45. The lowest BCUT2D eigenvalue weighted by Gasteiger charge is -2.17. The molecule has 4 aromatic carbocycles. The molecule has 0 fully saturated rings. The third kappa shape index (κ3) is 5.14. The maximum Gasteiger partial charge on any atom is 0.407 e. The molecule has 0 bridgehead atoms. The number of alkyl carbamates (subject to hydrolysis) is 1. The zero-order valence-electron chi connectivity index (χ0n) is 20.0. The van der Waals surface area contributed by atoms with Crippen molar-refractivity contribution < 1.29 is 24.2 Å². The topological polar surface area (TPSA) is 92.7 Å². The van der Waals surface area contributed by atoms with Crippen molar-refractivity contribution >= 4 is 17.8 Å². The van der Waals surface area contributed by atoms with Crippen LogP contribution in [0.2, 0.25) is 0 Å². The van der Waals surface area contributed by atoms with Gasteiger partial charge in [-0.3, -0.25) is 4.79 Å². The smallest absolute Gasteiger partial charge is 0.407 e. The van der Waals surface area contributed by atoms with Crippen molar-refractivity contribution in [2.75, 3.05) is 6.61 Å². The number of carboxylic acid groups (broad SMARTS) is 1. The minimum atomic E-state index is -1.17. The first-order valence-corrected chi connectivity index (χ1v) is 12.0. The van der Waals surface area contributed by atoms with Gasteiger partial charge in [0.1, 0.15) is 12.6 Å². The highest BCUT2D eigenvalue weighted by molar-refractivity contribution is 6.08. The van der Waals surface area contributed by atoms with Crippen LogP contribution in [0, 0.1) is 0 Å². The van der Waals surface area contributed by atoms with E-state index >= 15 is 0 Å². The van der Waals surface area contributed by atoms with Gasteiger partial charge in [0, 0.05) is 23.5 Å². The molecular weight excluding hydrogens is 466 g/mol. The highest BCUT2D eigenvalue weighted by Crippen LogP contribution is 2.44. The van der Waals surface area contributed by atoms with Gasteiger partial charge < -0.3 is 15.2 Å². The van der Waals surface area contributed by atoms with E-state index in [1.807, 2.05) is 54.6 Å². The lowest BCUT2D eigenvalue weighted by molar-refractivity contribution is -0.139. The number of rotatable bonds is 8. The molecule has 1 atom stereocenters. The van der Waals surface area contributed by atoms with Crippen molar-refractivity contribution in [3.05, 3.63) is 131 Å². The van der Waals surface area contributed by atoms with E-state index < -0.39 is 18.1 Å². The highest BCUT2D eigenvalue weighted by Gasteiger charge is 2.29. The summed E-state index contributed by atoms with van der Waals surface area (Å²) >= 11 is 0. The Hall–Kier alpha value is -4.71. The van der Waals surface area contributed by atoms with Crippen molar-refractivity contribution in [3.8, 4) is 11.1 Å². The number of fused-ring (bicyclic) bond motifs is 3. The number of aliphatic carboxylic acids is 1. The van der Waals surface area contributed by atoms with Crippen LogP contribution < -0.4 is 5.32 Å². The molecule has 0 saturated carbocycles. The number of benzene rings is 4. The second-order valence-electron chi connectivity index (χ2n) is 8.96. The molecule has 0 radical (unpaired) electrons. The number of hydrogen-bond acceptors (Lipinski definition) is 4. The van der Waals surface area contributed by atoms with Crippen LogP contribution in [0.5, 0.6) is 0 Å². The van der Waals surface area contributed by atoms with Crippen LogP contribution in [0.15, 0.2) is 103 Å². The van der Waals surface area contributed by atoms with Crippen LogP contribution >= 0.6 is 0 Å². The first-order valence-electron chi connectivity index (χ1n) is 12.0. The Morgan fingerprint density at radius 3 is 1.86 bits per heavy atom. The van der Waals surface area contributed by atoms with E-state index in [0.29, 0.717) is 16.7 Å². The predicted molar refractivity (Wildman–Crippen MR) is 140 cm³/mol. The fourth-order valence-corrected chi connectivity index (χ4v) is 4.77. The second kappa shape index (κ2) is 10.5. The van der Waals surface area contributed by atoms with Crippen LogP contribution in [0.25, 0.3) is 11.1 Å². The molecule has 4 aromatic rings. The summed E-state index contributed by atoms with van der Waals surface area (Å²) in [5.41, 5.74) is 6.15. The summed E-state index contributed by atoms with van der Waals surface area (Å²) in [6, 6.07) is 30.5. The van der Waals surface area contributed by atoms with Crippen molar-refractivity contribution in [1.82, 2.24) is 5.32 Å². The van der Waals surface area contributed by atoms with Gasteiger partial charge in [0.25, 0.3) is 0 Å². The van der Waals surface area contributed by atoms with Crippen molar-refractivity contribution in [3.63, 3.8) is 0 Å². The quantitative estimate of drug-likeness (QED) is 0.320. The number of ketones is 1. The van der Waals surface area contributed by atoms with E-state index in [0.717, 1.165) is 22.3 Å². The van der Waals surface area contributed by atoms with Gasteiger partial charge in [-0.15, -0.1) is 0 Å². The first-order chi connectivity index (χ1) is 18.0. The van der Waals surface area contributed by atoms with Crippen LogP contribution in [0.1, 0.15) is 38.5 Å². The summed E-state index contributed by atoms with van der Waals surface area (Å²) in [6.07, 6.45) is -0.732. The van der Waals surface area contributed by atoms with Crippen molar-refractivity contribution in [1.29, 1.82) is 0 Å². The van der Waals surface area contributed by atoms with Gasteiger partial charge in [-0.05, 0) is 27.8 Å². The largest absolute Gasteiger partial charge is 0.480 e. The fraction of sp³-hybridized carbons (Fsp3) is 0.129. The molecule has 5 rings (SSSR count). The SMILES string of the molecule is O=C(N[C@@H](Cc1ccc(C(=O)c2ccccc2)cc1)C(=O)O)OCC1c2ccccc2-c2ccccc21. The van der Waals surface area contributed by atoms with Crippen molar-refractivity contribution in [2.24, 2.45) is 0 Å². The van der Waals surface area contributed by atoms with Crippen LogP contribution in [0.3, 0.4) is 0 Å². The Kier molecular flexibility index (Phi) is 6.81. The van der Waals surface area contributed by atoms with Crippen LogP contribution in [-0.2, 0) is 16.0 Å². The van der Waals surface area contributed by atoms with Gasteiger partial charge in [-0.25, -0.2) is 9.59 Å². The number of carbonyl (C=O) groups is 3. The summed E-state index contributed by atoms with van der Waals surface area (Å²) < 4.78 is 5.50. The summed E-state index contributed by atoms with van der Waals surface area (Å²) in [5.74, 6) is -1.40. The number of nitrogens with one attached hydrogen (secondary N) is 1. The van der Waals surface area contributed by atoms with Gasteiger partial charge >= 0.3 is 12.1 Å². The minimum Gasteiger partial charge on any atom is -0.480 e. The molecule has 6 nitrogen and oxygen atoms in total. The van der Waals surface area contributed by atoms with E-state index in [1.54, 1.807) is 48.5 Å². The number of hydrogen-bond donors (Lipinski definition) is 2. The molecule has 1 amide bonds. The fourth-order valence-electron chi connectivity index (χ4n) is 4.77. The maximum absolute atomic E-state index is 12.6. The average molecular weight is 492 g/mol. The molecule has 184 valence electrons. The van der Waals surface area contributed by atoms with E-state index in [4.69, 9.17) is 4.74 Å². The molecular formula is C31H25NO5. The van der Waals surface area contributed by atoms with Crippen molar-refractivity contribution in [2.45, 2.75) is 18.4 Å². The summed E-state index contributed by atoms with van der Waals surface area (Å²) in [7, 11) is 0. The number of amides is 1. The maximum atomic E-state index is 12.6. The average Bonchev–Trinajstić information content (AvgIpc) is 3.25. The molecule has 0 aromatic heterocycles. The number of carboxylic acids is 1. The summed E-state index contributed by atoms with van der Waals surface area (Å²) in [6.45, 7) is 0.0997. The Morgan fingerprint density at radius 1 is 0.730 bits per heavy atom. The number of carbonyl (C=O) groups excluding carboxylic acids is 2. The number of ether oxygens (including phenoxy) is 1. The molecule has 37 heavy (non-hydrogen) atoms. The van der Waals surface area contributed by atoms with Gasteiger partial charge in [-0.1, -0.05) is 103 Å². The van der Waals surface area contributed by atoms with Gasteiger partial charge in [0.2, 0.25) is 0 Å². The minimum absolute atomic E-state index is 0.0549. The third-order valence-corrected chi connectivity index (χ3v) is 6.63. The molecule has 1 aliphatic rings. The molecule has 2 N–H and O–H groups in total. The third-order valence-electron chi connectivity index (χ3n) is 6.63. The van der Waals surface area contributed by atoms with E-state index in [2.05, 4.69) is 5.32 Å². The molecule has 6 heteroatoms. The first kappa shape index (κ1) is 24.0. The van der Waals surface area contributed by atoms with Gasteiger partial charge in [0.15, 0.2) is 5.78 Å². The Bertz CT molecular complexity index is 1400.